The summed E-state index contributed by atoms with van der Waals surface area (Å²) < 4.78 is 5.41. The molecule has 1 aliphatic rings. The first kappa shape index (κ1) is 17.0. The molecule has 0 radical (unpaired) electrons. The van der Waals surface area contributed by atoms with E-state index in [9.17, 15) is 9.59 Å². The number of hydrogen-bond donors (Lipinski definition) is 1. The van der Waals surface area contributed by atoms with Gasteiger partial charge in [-0.2, -0.15) is 0 Å². The molecule has 1 aliphatic heterocycles. The Morgan fingerprint density at radius 1 is 1.24 bits per heavy atom. The zero-order valence-electron chi connectivity index (χ0n) is 14.1. The predicted octanol–water partition coefficient (Wildman–Crippen LogP) is 2.15. The van der Waals surface area contributed by atoms with Crippen LogP contribution in [0.1, 0.15) is 18.9 Å². The van der Waals surface area contributed by atoms with Crippen molar-refractivity contribution in [1.29, 1.82) is 0 Å². The van der Waals surface area contributed by atoms with E-state index in [0.717, 1.165) is 17.0 Å². The number of pyridine rings is 1. The molecule has 6 heteroatoms. The van der Waals surface area contributed by atoms with Gasteiger partial charge in [-0.25, -0.2) is 0 Å². The lowest BCUT2D eigenvalue weighted by Gasteiger charge is -2.17. The van der Waals surface area contributed by atoms with Crippen LogP contribution in [0.3, 0.4) is 0 Å². The molecule has 6 nitrogen and oxygen atoms in total. The normalized spacial score (nSPS) is 16.8. The molecule has 0 spiro atoms. The number of aromatic nitrogens is 1. The van der Waals surface area contributed by atoms with Gasteiger partial charge in [0.1, 0.15) is 5.75 Å². The summed E-state index contributed by atoms with van der Waals surface area (Å²) in [7, 11) is 0. The topological polar surface area (TPSA) is 71.5 Å². The first-order valence-electron chi connectivity index (χ1n) is 8.37. The fourth-order valence-electron chi connectivity index (χ4n) is 2.86. The molecular weight excluding hydrogens is 318 g/mol. The van der Waals surface area contributed by atoms with E-state index < -0.39 is 0 Å². The average Bonchev–Trinajstić information content (AvgIpc) is 3.03. The maximum Gasteiger partial charge on any atom is 0.227 e. The van der Waals surface area contributed by atoms with Crippen molar-refractivity contribution in [2.45, 2.75) is 19.9 Å². The van der Waals surface area contributed by atoms with Crippen LogP contribution in [0.4, 0.5) is 5.69 Å². The van der Waals surface area contributed by atoms with Crippen LogP contribution in [0.5, 0.6) is 5.75 Å². The molecule has 0 saturated carbocycles. The van der Waals surface area contributed by atoms with Gasteiger partial charge >= 0.3 is 0 Å². The molecule has 2 amide bonds. The van der Waals surface area contributed by atoms with Gasteiger partial charge in [0.25, 0.3) is 0 Å². The van der Waals surface area contributed by atoms with Crippen LogP contribution >= 0.6 is 0 Å². The second-order valence-corrected chi connectivity index (χ2v) is 5.91. The third-order valence-electron chi connectivity index (χ3n) is 4.17. The first-order chi connectivity index (χ1) is 12.2. The zero-order chi connectivity index (χ0) is 17.6. The SMILES string of the molecule is CCOc1ccc(N2CC(C(=O)NCc3ccncc3)CC2=O)cc1. The average molecular weight is 339 g/mol. The Morgan fingerprint density at radius 2 is 1.96 bits per heavy atom. The number of nitrogens with zero attached hydrogens (tertiary/aromatic N) is 2. The summed E-state index contributed by atoms with van der Waals surface area (Å²) in [4.78, 5) is 30.2. The van der Waals surface area contributed by atoms with Crippen molar-refractivity contribution >= 4 is 17.5 Å². The summed E-state index contributed by atoms with van der Waals surface area (Å²) in [5.74, 6) is 0.303. The minimum absolute atomic E-state index is 0.0341. The zero-order valence-corrected chi connectivity index (χ0v) is 14.1. The van der Waals surface area contributed by atoms with E-state index in [-0.39, 0.29) is 24.2 Å². The van der Waals surface area contributed by atoms with E-state index in [1.807, 2.05) is 43.3 Å². The lowest BCUT2D eigenvalue weighted by molar-refractivity contribution is -0.126. The largest absolute Gasteiger partial charge is 0.494 e. The van der Waals surface area contributed by atoms with Gasteiger partial charge in [0.2, 0.25) is 11.8 Å². The molecule has 3 rings (SSSR count). The van der Waals surface area contributed by atoms with Crippen LogP contribution in [0.15, 0.2) is 48.8 Å². The Hall–Kier alpha value is -2.89. The fraction of sp³-hybridized carbons (Fsp3) is 0.316. The lowest BCUT2D eigenvalue weighted by atomic mass is 10.1. The number of ether oxygens (including phenoxy) is 1. The number of carbonyl (C=O) groups is 2. The lowest BCUT2D eigenvalue weighted by Crippen LogP contribution is -2.32. The predicted molar refractivity (Wildman–Crippen MR) is 94.2 cm³/mol. The van der Waals surface area contributed by atoms with Crippen LogP contribution in [-0.4, -0.2) is 29.9 Å². The van der Waals surface area contributed by atoms with Gasteiger partial charge in [0.05, 0.1) is 12.5 Å². The standard InChI is InChI=1S/C19H21N3O3/c1-2-25-17-5-3-16(4-6-17)22-13-15(11-18(22)23)19(24)21-12-14-7-9-20-10-8-14/h3-10,15H,2,11-13H2,1H3,(H,21,24). The quantitative estimate of drug-likeness (QED) is 0.875. The molecule has 1 fully saturated rings. The fourth-order valence-corrected chi connectivity index (χ4v) is 2.86. The molecule has 2 heterocycles. The van der Waals surface area contributed by atoms with Gasteiger partial charge in [-0.05, 0) is 48.9 Å². The number of anilines is 1. The van der Waals surface area contributed by atoms with Gasteiger partial charge in [-0.15, -0.1) is 0 Å². The minimum atomic E-state index is -0.332. The highest BCUT2D eigenvalue weighted by Gasteiger charge is 2.34. The summed E-state index contributed by atoms with van der Waals surface area (Å²) in [6, 6.07) is 11.1. The van der Waals surface area contributed by atoms with E-state index in [1.54, 1.807) is 17.3 Å². The first-order valence-corrected chi connectivity index (χ1v) is 8.37. The molecule has 1 aromatic carbocycles. The van der Waals surface area contributed by atoms with Gasteiger partial charge in [-0.3, -0.25) is 14.6 Å². The maximum atomic E-state index is 12.4. The smallest absolute Gasteiger partial charge is 0.227 e. The molecule has 1 aromatic heterocycles. The second-order valence-electron chi connectivity index (χ2n) is 5.91. The molecule has 25 heavy (non-hydrogen) atoms. The number of nitrogens with one attached hydrogen (secondary N) is 1. The minimum Gasteiger partial charge on any atom is -0.494 e. The van der Waals surface area contributed by atoms with Crippen molar-refractivity contribution < 1.29 is 14.3 Å². The molecule has 130 valence electrons. The Labute approximate surface area is 146 Å². The summed E-state index contributed by atoms with van der Waals surface area (Å²) in [6.07, 6.45) is 3.61. The highest BCUT2D eigenvalue weighted by Crippen LogP contribution is 2.27. The Balaban J connectivity index is 1.58. The van der Waals surface area contributed by atoms with Crippen molar-refractivity contribution in [1.82, 2.24) is 10.3 Å². The summed E-state index contributed by atoms with van der Waals surface area (Å²) >= 11 is 0. The summed E-state index contributed by atoms with van der Waals surface area (Å²) in [5.41, 5.74) is 1.77. The molecule has 1 atom stereocenters. The number of rotatable bonds is 6. The monoisotopic (exact) mass is 339 g/mol. The van der Waals surface area contributed by atoms with Crippen molar-refractivity contribution in [3.63, 3.8) is 0 Å². The van der Waals surface area contributed by atoms with E-state index >= 15 is 0 Å². The van der Waals surface area contributed by atoms with Gasteiger partial charge in [-0.1, -0.05) is 0 Å². The molecule has 0 aliphatic carbocycles. The molecule has 1 unspecified atom stereocenters. The molecule has 1 saturated heterocycles. The Morgan fingerprint density at radius 3 is 2.64 bits per heavy atom. The van der Waals surface area contributed by atoms with Gasteiger partial charge < -0.3 is 15.0 Å². The number of hydrogen-bond acceptors (Lipinski definition) is 4. The Bertz CT molecular complexity index is 731. The van der Waals surface area contributed by atoms with Gasteiger partial charge in [0, 0.05) is 37.6 Å². The van der Waals surface area contributed by atoms with Crippen LogP contribution in [-0.2, 0) is 16.1 Å². The van der Waals surface area contributed by atoms with Crippen LogP contribution in [0.25, 0.3) is 0 Å². The third kappa shape index (κ3) is 4.15. The molecule has 1 N–H and O–H groups in total. The number of carbonyl (C=O) groups excluding carboxylic acids is 2. The van der Waals surface area contributed by atoms with Crippen molar-refractivity contribution in [2.75, 3.05) is 18.1 Å². The van der Waals surface area contributed by atoms with Crippen molar-refractivity contribution in [3.8, 4) is 5.75 Å². The van der Waals surface area contributed by atoms with Crippen molar-refractivity contribution in [3.05, 3.63) is 54.4 Å². The second kappa shape index (κ2) is 7.79. The van der Waals surface area contributed by atoms with E-state index in [0.29, 0.717) is 19.7 Å². The molecule has 2 aromatic rings. The molecule has 0 bridgehead atoms. The van der Waals surface area contributed by atoms with Crippen molar-refractivity contribution in [2.24, 2.45) is 5.92 Å². The van der Waals surface area contributed by atoms with Crippen LogP contribution in [0.2, 0.25) is 0 Å². The number of benzene rings is 1. The summed E-state index contributed by atoms with van der Waals surface area (Å²) in [6.45, 7) is 3.36. The maximum absolute atomic E-state index is 12.4. The third-order valence-corrected chi connectivity index (χ3v) is 4.17. The van der Waals surface area contributed by atoms with E-state index in [1.165, 1.54) is 0 Å². The van der Waals surface area contributed by atoms with E-state index in [2.05, 4.69) is 10.3 Å². The molecular formula is C19H21N3O3. The number of amides is 2. The van der Waals surface area contributed by atoms with Gasteiger partial charge in [0.15, 0.2) is 0 Å². The van der Waals surface area contributed by atoms with E-state index in [4.69, 9.17) is 4.74 Å². The highest BCUT2D eigenvalue weighted by atomic mass is 16.5. The summed E-state index contributed by atoms with van der Waals surface area (Å²) in [5, 5.41) is 2.89. The van der Waals surface area contributed by atoms with Crippen LogP contribution in [0, 0.1) is 5.92 Å². The highest BCUT2D eigenvalue weighted by molar-refractivity contribution is 6.00. The van der Waals surface area contributed by atoms with Crippen LogP contribution < -0.4 is 15.0 Å². The Kier molecular flexibility index (Phi) is 5.28.